The maximum Gasteiger partial charge on any atom is 0.0715 e. The minimum atomic E-state index is 0.204. The van der Waals surface area contributed by atoms with E-state index in [0.717, 1.165) is 30.8 Å². The molecule has 0 aromatic heterocycles. The van der Waals surface area contributed by atoms with E-state index in [1.54, 1.807) is 0 Å². The molecule has 21 heavy (non-hydrogen) atoms. The zero-order chi connectivity index (χ0) is 16.8. The average Bonchev–Trinajstić information content (AvgIpc) is 2.32. The molecule has 0 amide bonds. The number of hydrogen-bond acceptors (Lipinski definition) is 3. The molecule has 0 bridgehead atoms. The molecule has 0 aliphatic rings. The van der Waals surface area contributed by atoms with Gasteiger partial charge in [-0.25, -0.2) is 0 Å². The van der Waals surface area contributed by atoms with Crippen LogP contribution in [0.1, 0.15) is 33.6 Å². The van der Waals surface area contributed by atoms with Gasteiger partial charge in [0.1, 0.15) is 0 Å². The molecule has 0 radical (unpaired) electrons. The average molecular weight is 293 g/mol. The molecular weight excluding hydrogens is 258 g/mol. The first-order valence-corrected chi connectivity index (χ1v) is 7.57. The molecule has 0 heterocycles. The van der Waals surface area contributed by atoms with Crippen molar-refractivity contribution in [2.45, 2.75) is 39.7 Å². The molecule has 0 saturated carbocycles. The first kappa shape index (κ1) is 19.8. The van der Waals surface area contributed by atoms with Crippen molar-refractivity contribution in [3.8, 4) is 0 Å². The van der Waals surface area contributed by atoms with Crippen molar-refractivity contribution >= 4 is 0 Å². The molecule has 122 valence electrons. The van der Waals surface area contributed by atoms with E-state index in [9.17, 15) is 0 Å². The standard InChI is InChI=1S/C18H35N3/c1-14(12-18(4,5)6)11-17(16(3)20(8)9)21(10)15(2)13-19-7/h17,19H,1-3,11-13H2,4-10H3. The van der Waals surface area contributed by atoms with Gasteiger partial charge in [0.2, 0.25) is 0 Å². The van der Waals surface area contributed by atoms with E-state index in [-0.39, 0.29) is 11.5 Å². The van der Waals surface area contributed by atoms with E-state index in [4.69, 9.17) is 0 Å². The smallest absolute Gasteiger partial charge is 0.0715 e. The van der Waals surface area contributed by atoms with Crippen LogP contribution in [0.5, 0.6) is 0 Å². The predicted octanol–water partition coefficient (Wildman–Crippen LogP) is 3.48. The molecule has 1 atom stereocenters. The topological polar surface area (TPSA) is 18.5 Å². The Kier molecular flexibility index (Phi) is 7.80. The van der Waals surface area contributed by atoms with E-state index >= 15 is 0 Å². The molecule has 0 saturated heterocycles. The van der Waals surface area contributed by atoms with Gasteiger partial charge in [-0.2, -0.15) is 0 Å². The molecule has 1 unspecified atom stereocenters. The normalized spacial score (nSPS) is 12.7. The van der Waals surface area contributed by atoms with Gasteiger partial charge in [-0.3, -0.25) is 0 Å². The van der Waals surface area contributed by atoms with Crippen molar-refractivity contribution in [2.75, 3.05) is 34.7 Å². The minimum absolute atomic E-state index is 0.204. The van der Waals surface area contributed by atoms with E-state index in [0.29, 0.717) is 0 Å². The Morgan fingerprint density at radius 2 is 1.62 bits per heavy atom. The molecule has 0 fully saturated rings. The zero-order valence-electron chi connectivity index (χ0n) is 15.2. The Balaban J connectivity index is 5.03. The first-order chi connectivity index (χ1) is 9.49. The zero-order valence-corrected chi connectivity index (χ0v) is 15.2. The van der Waals surface area contributed by atoms with Crippen LogP contribution >= 0.6 is 0 Å². The number of rotatable bonds is 9. The maximum atomic E-state index is 4.28. The Morgan fingerprint density at radius 1 is 1.10 bits per heavy atom. The van der Waals surface area contributed by atoms with E-state index < -0.39 is 0 Å². The Labute approximate surface area is 132 Å². The van der Waals surface area contributed by atoms with Crippen molar-refractivity contribution < 1.29 is 0 Å². The lowest BCUT2D eigenvalue weighted by Crippen LogP contribution is -2.39. The SMILES string of the molecule is C=C(CC(C(=C)N(C)C)N(C)C(=C)CNC)CC(C)(C)C. The van der Waals surface area contributed by atoms with Gasteiger partial charge in [0.25, 0.3) is 0 Å². The Morgan fingerprint density at radius 3 is 2.00 bits per heavy atom. The van der Waals surface area contributed by atoms with Crippen LogP contribution in [0.2, 0.25) is 0 Å². The predicted molar refractivity (Wildman–Crippen MR) is 95.3 cm³/mol. The largest absolute Gasteiger partial charge is 0.380 e. The number of nitrogens with zero attached hydrogens (tertiary/aromatic N) is 2. The minimum Gasteiger partial charge on any atom is -0.380 e. The molecule has 3 nitrogen and oxygen atoms in total. The van der Waals surface area contributed by atoms with Gasteiger partial charge in [0, 0.05) is 39.1 Å². The van der Waals surface area contributed by atoms with Crippen LogP contribution in [0.15, 0.2) is 36.7 Å². The van der Waals surface area contributed by atoms with Crippen LogP contribution in [0, 0.1) is 5.41 Å². The summed E-state index contributed by atoms with van der Waals surface area (Å²) in [4.78, 5) is 4.30. The van der Waals surface area contributed by atoms with Gasteiger partial charge in [0.05, 0.1) is 6.04 Å². The fourth-order valence-electron chi connectivity index (χ4n) is 2.42. The van der Waals surface area contributed by atoms with Gasteiger partial charge < -0.3 is 15.1 Å². The van der Waals surface area contributed by atoms with Crippen molar-refractivity contribution in [3.63, 3.8) is 0 Å². The quantitative estimate of drug-likeness (QED) is 0.657. The summed E-state index contributed by atoms with van der Waals surface area (Å²) in [7, 11) is 8.10. The van der Waals surface area contributed by atoms with E-state index in [2.05, 4.69) is 62.7 Å². The fraction of sp³-hybridized carbons (Fsp3) is 0.667. The van der Waals surface area contributed by atoms with Gasteiger partial charge in [-0.1, -0.05) is 46.1 Å². The van der Waals surface area contributed by atoms with Crippen molar-refractivity contribution in [1.82, 2.24) is 15.1 Å². The summed E-state index contributed by atoms with van der Waals surface area (Å²) in [6, 6.07) is 0.204. The molecule has 0 aromatic carbocycles. The number of likely N-dealkylation sites (N-methyl/N-ethyl adjacent to an activating group) is 3. The second-order valence-corrected chi connectivity index (χ2v) is 7.30. The highest BCUT2D eigenvalue weighted by atomic mass is 15.2. The molecule has 1 N–H and O–H groups in total. The van der Waals surface area contributed by atoms with Gasteiger partial charge in [0.15, 0.2) is 0 Å². The van der Waals surface area contributed by atoms with Crippen molar-refractivity contribution in [2.24, 2.45) is 5.41 Å². The van der Waals surface area contributed by atoms with Crippen LogP contribution in [0.4, 0.5) is 0 Å². The van der Waals surface area contributed by atoms with Crippen LogP contribution in [0.25, 0.3) is 0 Å². The third-order valence-electron chi connectivity index (χ3n) is 3.57. The highest BCUT2D eigenvalue weighted by Crippen LogP contribution is 2.28. The summed E-state index contributed by atoms with van der Waals surface area (Å²) in [5.41, 5.74) is 3.68. The summed E-state index contributed by atoms with van der Waals surface area (Å²) in [6.45, 7) is 20.2. The van der Waals surface area contributed by atoms with Crippen molar-refractivity contribution in [3.05, 3.63) is 36.7 Å². The third kappa shape index (κ3) is 7.37. The van der Waals surface area contributed by atoms with Gasteiger partial charge in [-0.15, -0.1) is 0 Å². The first-order valence-electron chi connectivity index (χ1n) is 7.57. The van der Waals surface area contributed by atoms with Crippen molar-refractivity contribution in [1.29, 1.82) is 0 Å². The fourth-order valence-corrected chi connectivity index (χ4v) is 2.42. The molecule has 0 spiro atoms. The second kappa shape index (κ2) is 8.28. The lowest BCUT2D eigenvalue weighted by molar-refractivity contribution is 0.278. The highest BCUT2D eigenvalue weighted by molar-refractivity contribution is 5.15. The molecule has 0 aliphatic heterocycles. The van der Waals surface area contributed by atoms with Crippen LogP contribution in [-0.2, 0) is 0 Å². The van der Waals surface area contributed by atoms with Crippen LogP contribution < -0.4 is 5.32 Å². The lowest BCUT2D eigenvalue weighted by atomic mass is 9.86. The Hall–Kier alpha value is -1.22. The summed E-state index contributed by atoms with van der Waals surface area (Å²) >= 11 is 0. The monoisotopic (exact) mass is 293 g/mol. The molecule has 3 heteroatoms. The third-order valence-corrected chi connectivity index (χ3v) is 3.57. The Bertz CT molecular complexity index is 374. The summed E-state index contributed by atoms with van der Waals surface area (Å²) in [5.74, 6) is 0. The summed E-state index contributed by atoms with van der Waals surface area (Å²) in [5, 5.41) is 3.16. The second-order valence-electron chi connectivity index (χ2n) is 7.30. The summed E-state index contributed by atoms with van der Waals surface area (Å²) in [6.07, 6.45) is 1.93. The lowest BCUT2D eigenvalue weighted by Gasteiger charge is -2.36. The highest BCUT2D eigenvalue weighted by Gasteiger charge is 2.23. The molecular formula is C18H35N3. The maximum absolute atomic E-state index is 4.28. The molecule has 0 aromatic rings. The number of nitrogens with one attached hydrogen (secondary N) is 1. The molecule has 0 rings (SSSR count). The summed E-state index contributed by atoms with van der Waals surface area (Å²) < 4.78 is 0. The van der Waals surface area contributed by atoms with Crippen LogP contribution in [0.3, 0.4) is 0 Å². The van der Waals surface area contributed by atoms with Crippen LogP contribution in [-0.4, -0.2) is 50.6 Å². The van der Waals surface area contributed by atoms with Gasteiger partial charge >= 0.3 is 0 Å². The number of hydrogen-bond donors (Lipinski definition) is 1. The van der Waals surface area contributed by atoms with E-state index in [1.165, 1.54) is 5.57 Å². The van der Waals surface area contributed by atoms with E-state index in [1.807, 2.05) is 21.1 Å². The van der Waals surface area contributed by atoms with Gasteiger partial charge in [-0.05, 0) is 25.3 Å². The molecule has 0 aliphatic carbocycles.